The average molecular weight is 371 g/mol. The van der Waals surface area contributed by atoms with Crippen LogP contribution in [0.15, 0.2) is 71.7 Å². The molecule has 2 aromatic heterocycles. The summed E-state index contributed by atoms with van der Waals surface area (Å²) in [4.78, 5) is 9.63. The molecule has 0 fully saturated rings. The monoisotopic (exact) mass is 371 g/mol. The van der Waals surface area contributed by atoms with Gasteiger partial charge in [0.25, 0.3) is 0 Å². The van der Waals surface area contributed by atoms with E-state index < -0.39 is 0 Å². The molecule has 0 radical (unpaired) electrons. The molecule has 0 N–H and O–H groups in total. The van der Waals surface area contributed by atoms with E-state index in [0.29, 0.717) is 0 Å². The number of imidazole rings is 1. The molecule has 0 saturated heterocycles. The lowest BCUT2D eigenvalue weighted by Gasteiger charge is -2.04. The Morgan fingerprint density at radius 2 is 1.50 bits per heavy atom. The number of aliphatic imine (C=N–C) groups is 1. The Hall–Kier alpha value is -3.60. The van der Waals surface area contributed by atoms with Crippen molar-refractivity contribution in [1.29, 1.82) is 0 Å². The molecule has 140 valence electrons. The minimum Gasteiger partial charge on any atom is -0.497 e. The molecule has 0 amide bonds. The van der Waals surface area contributed by atoms with Gasteiger partial charge < -0.3 is 9.47 Å². The van der Waals surface area contributed by atoms with Crippen LogP contribution in [0.4, 0.5) is 5.82 Å². The fourth-order valence-corrected chi connectivity index (χ4v) is 3.12. The van der Waals surface area contributed by atoms with Gasteiger partial charge in [-0.15, -0.1) is 0 Å². The summed E-state index contributed by atoms with van der Waals surface area (Å²) in [7, 11) is 3.32. The molecular formula is C23H21N3O2. The number of ether oxygens (including phenoxy) is 2. The minimum absolute atomic E-state index is 0.800. The molecule has 28 heavy (non-hydrogen) atoms. The van der Waals surface area contributed by atoms with Crippen molar-refractivity contribution in [3.63, 3.8) is 0 Å². The first-order valence-corrected chi connectivity index (χ1v) is 9.00. The summed E-state index contributed by atoms with van der Waals surface area (Å²) in [6.07, 6.45) is 1.85. The maximum atomic E-state index is 5.27. The molecule has 5 heteroatoms. The van der Waals surface area contributed by atoms with Crippen LogP contribution < -0.4 is 9.47 Å². The number of aryl methyl sites for hydroxylation is 1. The number of rotatable bonds is 5. The number of hydrogen-bond donors (Lipinski definition) is 0. The second-order valence-corrected chi connectivity index (χ2v) is 6.40. The highest BCUT2D eigenvalue weighted by Gasteiger charge is 2.14. The third-order valence-corrected chi connectivity index (χ3v) is 4.63. The van der Waals surface area contributed by atoms with Crippen LogP contribution in [0.25, 0.3) is 16.9 Å². The molecule has 0 bridgehead atoms. The Kier molecular flexibility index (Phi) is 4.81. The standard InChI is InChI=1S/C23H21N3O2/c1-16-5-4-6-21-25-22(18-9-13-20(28-3)14-10-18)23(26(16)21)24-15-17-7-11-19(27-2)12-8-17/h4-15H,1-3H3. The van der Waals surface area contributed by atoms with Gasteiger partial charge in [0, 0.05) is 17.5 Å². The number of methoxy groups -OCH3 is 2. The molecule has 0 atom stereocenters. The van der Waals surface area contributed by atoms with E-state index >= 15 is 0 Å². The van der Waals surface area contributed by atoms with E-state index in [-0.39, 0.29) is 0 Å². The van der Waals surface area contributed by atoms with Gasteiger partial charge in [0.2, 0.25) is 0 Å². The van der Waals surface area contributed by atoms with Gasteiger partial charge in [-0.25, -0.2) is 9.98 Å². The summed E-state index contributed by atoms with van der Waals surface area (Å²) in [6.45, 7) is 2.05. The molecule has 0 saturated carbocycles. The van der Waals surface area contributed by atoms with Gasteiger partial charge in [0.1, 0.15) is 22.8 Å². The molecule has 4 rings (SSSR count). The normalized spacial score (nSPS) is 11.2. The molecular weight excluding hydrogens is 350 g/mol. The van der Waals surface area contributed by atoms with Crippen molar-refractivity contribution in [3.05, 3.63) is 78.0 Å². The number of aromatic nitrogens is 2. The maximum Gasteiger partial charge on any atom is 0.165 e. The molecule has 0 aliphatic heterocycles. The molecule has 0 spiro atoms. The topological polar surface area (TPSA) is 48.1 Å². The zero-order valence-electron chi connectivity index (χ0n) is 16.1. The predicted molar refractivity (Wildman–Crippen MR) is 112 cm³/mol. The Balaban J connectivity index is 1.83. The molecule has 0 aliphatic rings. The van der Waals surface area contributed by atoms with Crippen LogP contribution in [-0.2, 0) is 0 Å². The molecule has 2 heterocycles. The van der Waals surface area contributed by atoms with E-state index in [1.165, 1.54) is 0 Å². The van der Waals surface area contributed by atoms with Crippen molar-refractivity contribution in [3.8, 4) is 22.8 Å². The predicted octanol–water partition coefficient (Wildman–Crippen LogP) is 5.08. The van der Waals surface area contributed by atoms with Crippen molar-refractivity contribution in [2.45, 2.75) is 6.92 Å². The first-order chi connectivity index (χ1) is 13.7. The van der Waals surface area contributed by atoms with Crippen LogP contribution in [0.2, 0.25) is 0 Å². The summed E-state index contributed by atoms with van der Waals surface area (Å²) in [6, 6.07) is 21.7. The summed E-state index contributed by atoms with van der Waals surface area (Å²) < 4.78 is 12.6. The average Bonchev–Trinajstić information content (AvgIpc) is 3.12. The molecule has 0 unspecified atom stereocenters. The van der Waals surface area contributed by atoms with Gasteiger partial charge in [-0.1, -0.05) is 6.07 Å². The zero-order valence-corrected chi connectivity index (χ0v) is 16.1. The molecule has 2 aromatic carbocycles. The van der Waals surface area contributed by atoms with Crippen molar-refractivity contribution in [2.75, 3.05) is 14.2 Å². The van der Waals surface area contributed by atoms with E-state index in [9.17, 15) is 0 Å². The Morgan fingerprint density at radius 1 is 0.857 bits per heavy atom. The van der Waals surface area contributed by atoms with Crippen LogP contribution in [0, 0.1) is 6.92 Å². The molecule has 5 nitrogen and oxygen atoms in total. The number of hydrogen-bond acceptors (Lipinski definition) is 4. The van der Waals surface area contributed by atoms with Gasteiger partial charge in [-0.3, -0.25) is 4.40 Å². The number of nitrogens with zero attached hydrogens (tertiary/aromatic N) is 3. The van der Waals surface area contributed by atoms with E-state index in [4.69, 9.17) is 19.5 Å². The van der Waals surface area contributed by atoms with Gasteiger partial charge in [0.15, 0.2) is 5.82 Å². The third kappa shape index (κ3) is 3.34. The largest absolute Gasteiger partial charge is 0.497 e. The summed E-state index contributed by atoms with van der Waals surface area (Å²) in [5, 5.41) is 0. The first kappa shape index (κ1) is 17.8. The zero-order chi connectivity index (χ0) is 19.5. The SMILES string of the molecule is COc1ccc(C=Nc2c(-c3ccc(OC)cc3)nc3cccc(C)n23)cc1. The van der Waals surface area contributed by atoms with E-state index in [1.54, 1.807) is 14.2 Å². The minimum atomic E-state index is 0.800. The van der Waals surface area contributed by atoms with Crippen LogP contribution in [0.3, 0.4) is 0 Å². The Bertz CT molecular complexity index is 1130. The van der Waals surface area contributed by atoms with Crippen molar-refractivity contribution in [2.24, 2.45) is 4.99 Å². The van der Waals surface area contributed by atoms with Crippen LogP contribution in [0.1, 0.15) is 11.3 Å². The van der Waals surface area contributed by atoms with Crippen LogP contribution in [0.5, 0.6) is 11.5 Å². The Labute approximate surface area is 163 Å². The third-order valence-electron chi connectivity index (χ3n) is 4.63. The fourth-order valence-electron chi connectivity index (χ4n) is 3.12. The van der Waals surface area contributed by atoms with Gasteiger partial charge in [0.05, 0.1) is 14.2 Å². The van der Waals surface area contributed by atoms with Gasteiger partial charge in [-0.05, 0) is 73.2 Å². The molecule has 0 aliphatic carbocycles. The number of fused-ring (bicyclic) bond motifs is 1. The van der Waals surface area contributed by atoms with Gasteiger partial charge >= 0.3 is 0 Å². The van der Waals surface area contributed by atoms with E-state index in [0.717, 1.165) is 45.5 Å². The van der Waals surface area contributed by atoms with Crippen molar-refractivity contribution < 1.29 is 9.47 Å². The lowest BCUT2D eigenvalue weighted by Crippen LogP contribution is -1.90. The molecule has 4 aromatic rings. The smallest absolute Gasteiger partial charge is 0.165 e. The van der Waals surface area contributed by atoms with Crippen molar-refractivity contribution in [1.82, 2.24) is 9.38 Å². The second-order valence-electron chi connectivity index (χ2n) is 6.40. The van der Waals surface area contributed by atoms with Crippen LogP contribution >= 0.6 is 0 Å². The summed E-state index contributed by atoms with van der Waals surface area (Å²) in [5.74, 6) is 2.43. The first-order valence-electron chi connectivity index (χ1n) is 9.00. The summed E-state index contributed by atoms with van der Waals surface area (Å²) >= 11 is 0. The second kappa shape index (κ2) is 7.56. The summed E-state index contributed by atoms with van der Waals surface area (Å²) in [5.41, 5.74) is 4.76. The highest BCUT2D eigenvalue weighted by molar-refractivity contribution is 5.85. The quantitative estimate of drug-likeness (QED) is 0.460. The maximum absolute atomic E-state index is 5.27. The number of benzene rings is 2. The Morgan fingerprint density at radius 3 is 2.14 bits per heavy atom. The van der Waals surface area contributed by atoms with E-state index in [1.807, 2.05) is 66.9 Å². The van der Waals surface area contributed by atoms with Crippen molar-refractivity contribution >= 4 is 17.7 Å². The lowest BCUT2D eigenvalue weighted by atomic mass is 10.1. The fraction of sp³-hybridized carbons (Fsp3) is 0.130. The number of pyridine rings is 1. The van der Waals surface area contributed by atoms with Crippen LogP contribution in [-0.4, -0.2) is 29.8 Å². The van der Waals surface area contributed by atoms with Gasteiger partial charge in [-0.2, -0.15) is 0 Å². The highest BCUT2D eigenvalue weighted by Crippen LogP contribution is 2.33. The van der Waals surface area contributed by atoms with E-state index in [2.05, 4.69) is 17.4 Å². The highest BCUT2D eigenvalue weighted by atomic mass is 16.5. The lowest BCUT2D eigenvalue weighted by molar-refractivity contribution is 0.414.